The van der Waals surface area contributed by atoms with Gasteiger partial charge in [-0.15, -0.1) is 0 Å². The molecular weight excluding hydrogens is 460 g/mol. The summed E-state index contributed by atoms with van der Waals surface area (Å²) in [6.45, 7) is 3.06. The maximum absolute atomic E-state index is 12.5. The van der Waals surface area contributed by atoms with E-state index in [0.29, 0.717) is 17.2 Å². The first kappa shape index (κ1) is 25.7. The lowest BCUT2D eigenvalue weighted by Crippen LogP contribution is -2.35. The molecule has 0 spiro atoms. The zero-order valence-corrected chi connectivity index (χ0v) is 19.8. The van der Waals surface area contributed by atoms with E-state index in [2.05, 4.69) is 10.0 Å². The van der Waals surface area contributed by atoms with Crippen molar-refractivity contribution in [2.75, 3.05) is 27.4 Å². The average Bonchev–Trinajstić information content (AvgIpc) is 2.74. The van der Waals surface area contributed by atoms with Crippen LogP contribution in [-0.4, -0.2) is 58.9 Å². The Balaban J connectivity index is 2.03. The molecule has 0 radical (unpaired) electrons. The van der Waals surface area contributed by atoms with Crippen molar-refractivity contribution in [2.24, 2.45) is 0 Å². The van der Waals surface area contributed by atoms with Gasteiger partial charge < -0.3 is 24.6 Å². The van der Waals surface area contributed by atoms with Crippen LogP contribution in [0.4, 0.5) is 0 Å². The van der Waals surface area contributed by atoms with Gasteiger partial charge in [0.1, 0.15) is 12.7 Å². The van der Waals surface area contributed by atoms with Gasteiger partial charge in [-0.3, -0.25) is 4.79 Å². The van der Waals surface area contributed by atoms with Crippen LogP contribution in [-0.2, 0) is 10.0 Å². The number of hydrogen-bond donors (Lipinski definition) is 3. The molecule has 2 rings (SSSR count). The molecule has 1 unspecified atom stereocenters. The van der Waals surface area contributed by atoms with E-state index in [1.54, 1.807) is 32.0 Å². The summed E-state index contributed by atoms with van der Waals surface area (Å²) in [7, 11) is -0.839. The molecule has 0 aliphatic heterocycles. The van der Waals surface area contributed by atoms with E-state index in [1.165, 1.54) is 32.4 Å². The second-order valence-electron chi connectivity index (χ2n) is 7.08. The van der Waals surface area contributed by atoms with Gasteiger partial charge in [-0.1, -0.05) is 17.7 Å². The third-order valence-electron chi connectivity index (χ3n) is 4.18. The molecule has 1 amide bonds. The first-order chi connectivity index (χ1) is 15.1. The van der Waals surface area contributed by atoms with Gasteiger partial charge in [-0.25, -0.2) is 13.1 Å². The van der Waals surface area contributed by atoms with Gasteiger partial charge in [0.15, 0.2) is 11.5 Å². The van der Waals surface area contributed by atoms with E-state index in [0.717, 1.165) is 0 Å². The predicted molar refractivity (Wildman–Crippen MR) is 120 cm³/mol. The Hall–Kier alpha value is -2.53. The molecule has 2 aromatic rings. The van der Waals surface area contributed by atoms with E-state index in [4.69, 9.17) is 25.8 Å². The molecule has 11 heteroatoms. The number of ether oxygens (including phenoxy) is 3. The molecule has 176 valence electrons. The van der Waals surface area contributed by atoms with Gasteiger partial charge in [-0.2, -0.15) is 0 Å². The highest BCUT2D eigenvalue weighted by Gasteiger charge is 2.20. The lowest BCUT2D eigenvalue weighted by Gasteiger charge is -2.17. The number of nitrogens with one attached hydrogen (secondary N) is 2. The van der Waals surface area contributed by atoms with Crippen molar-refractivity contribution in [3.63, 3.8) is 0 Å². The third kappa shape index (κ3) is 6.73. The monoisotopic (exact) mass is 486 g/mol. The van der Waals surface area contributed by atoms with Crippen molar-refractivity contribution in [2.45, 2.75) is 30.9 Å². The largest absolute Gasteiger partial charge is 0.493 e. The van der Waals surface area contributed by atoms with Crippen LogP contribution in [0.25, 0.3) is 0 Å². The zero-order chi connectivity index (χ0) is 23.9. The molecule has 0 saturated heterocycles. The average molecular weight is 487 g/mol. The molecule has 2 aromatic carbocycles. The number of halogens is 1. The number of aliphatic hydroxyl groups excluding tert-OH is 1. The Morgan fingerprint density at radius 3 is 2.31 bits per heavy atom. The fourth-order valence-electron chi connectivity index (χ4n) is 2.73. The van der Waals surface area contributed by atoms with E-state index in [1.807, 2.05) is 0 Å². The standard InChI is InChI=1S/C21H27ClN2O7S/c1-13(2)24-32(27,28)15-8-9-17(22)16(10-15)21(26)23-11-14(25)12-31-20-18(29-3)6-5-7-19(20)30-4/h5-10,13-14,24-25H,11-12H2,1-4H3,(H,23,26). The number of para-hydroxylation sites is 1. The Morgan fingerprint density at radius 2 is 1.75 bits per heavy atom. The summed E-state index contributed by atoms with van der Waals surface area (Å²) in [5, 5.41) is 12.8. The van der Waals surface area contributed by atoms with E-state index >= 15 is 0 Å². The molecule has 32 heavy (non-hydrogen) atoms. The summed E-state index contributed by atoms with van der Waals surface area (Å²) >= 11 is 6.08. The SMILES string of the molecule is COc1cccc(OC)c1OCC(O)CNC(=O)c1cc(S(=O)(=O)NC(C)C)ccc1Cl. The van der Waals surface area contributed by atoms with Gasteiger partial charge in [0.05, 0.1) is 29.7 Å². The Morgan fingerprint density at radius 1 is 1.12 bits per heavy atom. The summed E-state index contributed by atoms with van der Waals surface area (Å²) in [6.07, 6.45) is -1.07. The van der Waals surface area contributed by atoms with Gasteiger partial charge in [0.25, 0.3) is 5.91 Å². The topological polar surface area (TPSA) is 123 Å². The lowest BCUT2D eigenvalue weighted by atomic mass is 10.2. The molecule has 0 aliphatic carbocycles. The van der Waals surface area contributed by atoms with Gasteiger partial charge >= 0.3 is 0 Å². The molecular formula is C21H27ClN2O7S. The first-order valence-corrected chi connectivity index (χ1v) is 11.6. The maximum Gasteiger partial charge on any atom is 0.252 e. The summed E-state index contributed by atoms with van der Waals surface area (Å²) in [5.41, 5.74) is -0.0298. The molecule has 0 saturated carbocycles. The lowest BCUT2D eigenvalue weighted by molar-refractivity contribution is 0.0833. The smallest absolute Gasteiger partial charge is 0.252 e. The van der Waals surface area contributed by atoms with Crippen molar-refractivity contribution >= 4 is 27.5 Å². The summed E-state index contributed by atoms with van der Waals surface area (Å²) in [6, 6.07) is 8.61. The van der Waals surface area contributed by atoms with E-state index in [-0.39, 0.29) is 34.7 Å². The number of carbonyl (C=O) groups excluding carboxylic acids is 1. The van der Waals surface area contributed by atoms with Crippen molar-refractivity contribution in [3.05, 3.63) is 47.0 Å². The number of methoxy groups -OCH3 is 2. The minimum absolute atomic E-state index is 0.0298. The second-order valence-corrected chi connectivity index (χ2v) is 9.21. The van der Waals surface area contributed by atoms with Crippen molar-refractivity contribution in [1.29, 1.82) is 0 Å². The van der Waals surface area contributed by atoms with E-state index in [9.17, 15) is 18.3 Å². The van der Waals surface area contributed by atoms with Crippen LogP contribution in [0, 0.1) is 0 Å². The van der Waals surface area contributed by atoms with Crippen LogP contribution in [0.5, 0.6) is 17.2 Å². The Bertz CT molecular complexity index is 1020. The van der Waals surface area contributed by atoms with Crippen LogP contribution < -0.4 is 24.2 Å². The van der Waals surface area contributed by atoms with Gasteiger partial charge in [-0.05, 0) is 44.2 Å². The molecule has 9 nitrogen and oxygen atoms in total. The minimum atomic E-state index is -3.80. The Labute approximate surface area is 192 Å². The predicted octanol–water partition coefficient (Wildman–Crippen LogP) is 2.21. The molecule has 3 N–H and O–H groups in total. The van der Waals surface area contributed by atoms with Crippen molar-refractivity contribution in [3.8, 4) is 17.2 Å². The number of rotatable bonds is 11. The minimum Gasteiger partial charge on any atom is -0.493 e. The molecule has 0 aliphatic rings. The zero-order valence-electron chi connectivity index (χ0n) is 18.2. The fraction of sp³-hybridized carbons (Fsp3) is 0.381. The fourth-order valence-corrected chi connectivity index (χ4v) is 4.21. The third-order valence-corrected chi connectivity index (χ3v) is 6.17. The summed E-state index contributed by atoms with van der Waals surface area (Å²) in [4.78, 5) is 12.5. The second kappa shape index (κ2) is 11.4. The van der Waals surface area contributed by atoms with Crippen molar-refractivity contribution < 1.29 is 32.5 Å². The highest BCUT2D eigenvalue weighted by Crippen LogP contribution is 2.36. The molecule has 0 heterocycles. The van der Waals surface area contributed by atoms with Crippen LogP contribution in [0.1, 0.15) is 24.2 Å². The molecule has 0 bridgehead atoms. The maximum atomic E-state index is 12.5. The van der Waals surface area contributed by atoms with Crippen LogP contribution in [0.15, 0.2) is 41.3 Å². The number of carbonyl (C=O) groups is 1. The number of hydrogen-bond acceptors (Lipinski definition) is 7. The van der Waals surface area contributed by atoms with Crippen molar-refractivity contribution in [1.82, 2.24) is 10.0 Å². The molecule has 0 aromatic heterocycles. The Kier molecular flexibility index (Phi) is 9.14. The van der Waals surface area contributed by atoms with Gasteiger partial charge in [0.2, 0.25) is 15.8 Å². The molecule has 1 atom stereocenters. The van der Waals surface area contributed by atoms with Crippen LogP contribution >= 0.6 is 11.6 Å². The first-order valence-electron chi connectivity index (χ1n) is 9.71. The normalized spacial score (nSPS) is 12.3. The number of amides is 1. The highest BCUT2D eigenvalue weighted by molar-refractivity contribution is 7.89. The quantitative estimate of drug-likeness (QED) is 0.445. The number of benzene rings is 2. The highest BCUT2D eigenvalue weighted by atomic mass is 35.5. The summed E-state index contributed by atoms with van der Waals surface area (Å²) in [5.74, 6) is 0.549. The van der Waals surface area contributed by atoms with Crippen LogP contribution in [0.3, 0.4) is 0 Å². The molecule has 0 fully saturated rings. The van der Waals surface area contributed by atoms with E-state index < -0.39 is 22.0 Å². The van der Waals surface area contributed by atoms with Gasteiger partial charge in [0, 0.05) is 12.6 Å². The summed E-state index contributed by atoms with van der Waals surface area (Å²) < 4.78 is 43.2. The number of aliphatic hydroxyl groups is 1. The number of sulfonamides is 1. The van der Waals surface area contributed by atoms with Crippen LogP contribution in [0.2, 0.25) is 5.02 Å².